The lowest BCUT2D eigenvalue weighted by Gasteiger charge is -2.40. The van der Waals surface area contributed by atoms with E-state index in [9.17, 15) is 34.5 Å². The van der Waals surface area contributed by atoms with Gasteiger partial charge in [0.1, 0.15) is 18.8 Å². The number of rotatable bonds is 51. The molecule has 0 aromatic rings. The molecule has 0 spiro atoms. The molecule has 0 radical (unpaired) electrons. The minimum absolute atomic E-state index is 0.0494. The molecule has 0 aromatic heterocycles. The van der Waals surface area contributed by atoms with Crippen molar-refractivity contribution in [1.29, 1.82) is 0 Å². The molecule has 1 heterocycles. The van der Waals surface area contributed by atoms with Gasteiger partial charge in [-0.3, -0.25) is 14.4 Å². The van der Waals surface area contributed by atoms with Crippen LogP contribution in [0.15, 0.2) is 36.5 Å². The molecular weight excluding hydrogens is 925 g/mol. The van der Waals surface area contributed by atoms with Crippen LogP contribution in [0.3, 0.4) is 0 Å². The lowest BCUT2D eigenvalue weighted by atomic mass is 9.98. The van der Waals surface area contributed by atoms with E-state index in [1.165, 1.54) is 128 Å². The normalized spacial score (nSPS) is 18.5. The van der Waals surface area contributed by atoms with Crippen LogP contribution in [0.4, 0.5) is 0 Å². The number of esters is 3. The molecule has 73 heavy (non-hydrogen) atoms. The van der Waals surface area contributed by atoms with Crippen LogP contribution < -0.4 is 0 Å². The fourth-order valence-electron chi connectivity index (χ4n) is 9.08. The quantitative estimate of drug-likeness (QED) is 0.0228. The lowest BCUT2D eigenvalue weighted by molar-refractivity contribution is -0.301. The van der Waals surface area contributed by atoms with Crippen molar-refractivity contribution in [1.82, 2.24) is 0 Å². The minimum Gasteiger partial charge on any atom is -0.479 e. The van der Waals surface area contributed by atoms with Gasteiger partial charge in [-0.05, 0) is 57.8 Å². The van der Waals surface area contributed by atoms with E-state index in [2.05, 4.69) is 57.2 Å². The lowest BCUT2D eigenvalue weighted by Crippen LogP contribution is -2.61. The summed E-state index contributed by atoms with van der Waals surface area (Å²) in [5.74, 6) is -3.11. The molecule has 1 rings (SSSR count). The van der Waals surface area contributed by atoms with E-state index in [-0.39, 0.29) is 25.9 Å². The highest BCUT2D eigenvalue weighted by molar-refractivity contribution is 5.74. The van der Waals surface area contributed by atoms with Gasteiger partial charge in [-0.1, -0.05) is 237 Å². The average Bonchev–Trinajstić information content (AvgIpc) is 3.37. The largest absolute Gasteiger partial charge is 0.479 e. The van der Waals surface area contributed by atoms with Crippen molar-refractivity contribution in [3.05, 3.63) is 36.5 Å². The number of aliphatic hydroxyl groups excluding tert-OH is 2. The van der Waals surface area contributed by atoms with Crippen molar-refractivity contribution < 1.29 is 58.2 Å². The van der Waals surface area contributed by atoms with E-state index < -0.39 is 67.3 Å². The molecule has 1 saturated heterocycles. The zero-order valence-corrected chi connectivity index (χ0v) is 46.6. The molecule has 0 amide bonds. The van der Waals surface area contributed by atoms with E-state index in [1.807, 2.05) is 0 Å². The summed E-state index contributed by atoms with van der Waals surface area (Å²) in [6.07, 6.45) is 45.4. The smallest absolute Gasteiger partial charge is 0.335 e. The number of ether oxygens (including phenoxy) is 5. The second-order valence-electron chi connectivity index (χ2n) is 20.6. The fraction of sp³-hybridized carbons (Fsp3) is 0.836. The van der Waals surface area contributed by atoms with Crippen LogP contribution >= 0.6 is 0 Å². The van der Waals surface area contributed by atoms with Crippen LogP contribution in [0.1, 0.15) is 278 Å². The topological polar surface area (TPSA) is 175 Å². The monoisotopic (exact) mass is 1030 g/mol. The molecular formula is C61H108O12. The summed E-state index contributed by atoms with van der Waals surface area (Å²) >= 11 is 0. The Bertz CT molecular complexity index is 1410. The standard InChI is InChI=1S/C61H108O12/c1-4-7-10-13-16-19-22-24-25-26-27-28-29-31-34-37-40-43-46-49-55(64)72-59-57(66)56(65)58(60(67)68)73-61(59)70-51-52(71-54(63)48-45-42-39-36-32-21-18-15-12-9-6-3)50-69-53(62)47-44-41-38-35-33-30-23-20-17-14-11-8-5-2/h16,19,24-25,27-28,52,56-59,61,65-66H,4-15,17-18,20-23,26,29-51H2,1-3H3,(H,67,68)/b19-16-,25-24-,28-27-. The van der Waals surface area contributed by atoms with Gasteiger partial charge in [-0.2, -0.15) is 0 Å². The molecule has 424 valence electrons. The average molecular weight is 1030 g/mol. The Labute approximate surface area is 444 Å². The maximum absolute atomic E-state index is 13.1. The Morgan fingerprint density at radius 3 is 1.27 bits per heavy atom. The highest BCUT2D eigenvalue weighted by Gasteiger charge is 2.50. The molecule has 0 aromatic carbocycles. The number of carboxylic acid groups (broad SMARTS) is 1. The molecule has 0 bridgehead atoms. The summed E-state index contributed by atoms with van der Waals surface area (Å²) in [6, 6.07) is 0. The third-order valence-electron chi connectivity index (χ3n) is 13.7. The van der Waals surface area contributed by atoms with Crippen molar-refractivity contribution in [2.75, 3.05) is 13.2 Å². The summed E-state index contributed by atoms with van der Waals surface area (Å²) in [5.41, 5.74) is 0. The predicted molar refractivity (Wildman–Crippen MR) is 294 cm³/mol. The maximum Gasteiger partial charge on any atom is 0.335 e. The van der Waals surface area contributed by atoms with Gasteiger partial charge in [-0.25, -0.2) is 4.79 Å². The molecule has 12 nitrogen and oxygen atoms in total. The van der Waals surface area contributed by atoms with E-state index in [4.69, 9.17) is 23.7 Å². The number of aliphatic hydroxyl groups is 2. The van der Waals surface area contributed by atoms with Crippen molar-refractivity contribution in [3.8, 4) is 0 Å². The number of hydrogen-bond acceptors (Lipinski definition) is 11. The summed E-state index contributed by atoms with van der Waals surface area (Å²) in [4.78, 5) is 51.0. The van der Waals surface area contributed by atoms with E-state index >= 15 is 0 Å². The first-order valence-corrected chi connectivity index (χ1v) is 30.0. The molecule has 0 saturated carbocycles. The molecule has 6 atom stereocenters. The van der Waals surface area contributed by atoms with Gasteiger partial charge < -0.3 is 39.0 Å². The van der Waals surface area contributed by atoms with E-state index in [1.54, 1.807) is 0 Å². The number of allylic oxidation sites excluding steroid dienone is 6. The Kier molecular flexibility index (Phi) is 46.4. The summed E-state index contributed by atoms with van der Waals surface area (Å²) in [6.45, 7) is 5.97. The Morgan fingerprint density at radius 2 is 0.822 bits per heavy atom. The molecule has 1 aliphatic rings. The van der Waals surface area contributed by atoms with E-state index in [0.29, 0.717) is 19.3 Å². The maximum atomic E-state index is 13.1. The third kappa shape index (κ3) is 39.9. The minimum atomic E-state index is -1.90. The first-order valence-electron chi connectivity index (χ1n) is 30.0. The van der Waals surface area contributed by atoms with Crippen LogP contribution in [0.25, 0.3) is 0 Å². The molecule has 3 N–H and O–H groups in total. The number of carbonyl (C=O) groups is 4. The Balaban J connectivity index is 2.66. The summed E-state index contributed by atoms with van der Waals surface area (Å²) < 4.78 is 28.4. The first kappa shape index (κ1) is 68.0. The Hall–Kier alpha value is -3.06. The van der Waals surface area contributed by atoms with Crippen molar-refractivity contribution >= 4 is 23.9 Å². The molecule has 1 fully saturated rings. The van der Waals surface area contributed by atoms with Crippen molar-refractivity contribution in [3.63, 3.8) is 0 Å². The number of carboxylic acids is 1. The van der Waals surface area contributed by atoms with Gasteiger partial charge in [0.25, 0.3) is 0 Å². The second kappa shape index (κ2) is 49.8. The fourth-order valence-corrected chi connectivity index (χ4v) is 9.08. The van der Waals surface area contributed by atoms with Gasteiger partial charge in [0, 0.05) is 19.3 Å². The zero-order chi connectivity index (χ0) is 53.3. The molecule has 6 unspecified atom stereocenters. The molecule has 0 aliphatic carbocycles. The van der Waals surface area contributed by atoms with Crippen LogP contribution in [-0.4, -0.2) is 89.2 Å². The third-order valence-corrected chi connectivity index (χ3v) is 13.7. The summed E-state index contributed by atoms with van der Waals surface area (Å²) in [5, 5.41) is 31.5. The van der Waals surface area contributed by atoms with Crippen molar-refractivity contribution in [2.24, 2.45) is 0 Å². The van der Waals surface area contributed by atoms with Gasteiger partial charge in [-0.15, -0.1) is 0 Å². The van der Waals surface area contributed by atoms with Gasteiger partial charge in [0.05, 0.1) is 6.61 Å². The predicted octanol–water partition coefficient (Wildman–Crippen LogP) is 15.2. The number of carbonyl (C=O) groups excluding carboxylic acids is 3. The Morgan fingerprint density at radius 1 is 0.452 bits per heavy atom. The highest BCUT2D eigenvalue weighted by Crippen LogP contribution is 2.26. The number of hydrogen-bond donors (Lipinski definition) is 3. The number of unbranched alkanes of at least 4 members (excludes halogenated alkanes) is 31. The molecule has 12 heteroatoms. The van der Waals surface area contributed by atoms with Crippen LogP contribution in [0, 0.1) is 0 Å². The van der Waals surface area contributed by atoms with Crippen LogP contribution in [0.2, 0.25) is 0 Å². The van der Waals surface area contributed by atoms with Gasteiger partial charge >= 0.3 is 23.9 Å². The SMILES string of the molecule is CCCCC/C=C\C/C=C\C/C=C\CCCCCCCCC(=O)OC1C(OCC(COC(=O)CCCCCCCCCCCCCCC)OC(=O)CCCCCCCCCCCCC)OC(C(=O)O)C(O)C1O. The number of aliphatic carboxylic acids is 1. The zero-order valence-electron chi connectivity index (χ0n) is 46.6. The van der Waals surface area contributed by atoms with Gasteiger partial charge in [0.15, 0.2) is 24.6 Å². The van der Waals surface area contributed by atoms with Crippen LogP contribution in [0.5, 0.6) is 0 Å². The summed E-state index contributed by atoms with van der Waals surface area (Å²) in [7, 11) is 0. The first-order chi connectivity index (χ1) is 35.6. The second-order valence-corrected chi connectivity index (χ2v) is 20.6. The van der Waals surface area contributed by atoms with E-state index in [0.717, 1.165) is 89.9 Å². The molecule has 1 aliphatic heterocycles. The van der Waals surface area contributed by atoms with Crippen molar-refractivity contribution in [2.45, 2.75) is 314 Å². The van der Waals surface area contributed by atoms with Crippen LogP contribution in [-0.2, 0) is 42.9 Å². The highest BCUT2D eigenvalue weighted by atomic mass is 16.7. The van der Waals surface area contributed by atoms with Gasteiger partial charge in [0.2, 0.25) is 0 Å².